The van der Waals surface area contributed by atoms with E-state index in [2.05, 4.69) is 0 Å². The predicted molar refractivity (Wildman–Crippen MR) is 101 cm³/mol. The van der Waals surface area contributed by atoms with E-state index in [-0.39, 0.29) is 14.2 Å². The third-order valence-electron chi connectivity index (χ3n) is 7.56. The van der Waals surface area contributed by atoms with Crippen molar-refractivity contribution in [1.82, 2.24) is 0 Å². The first kappa shape index (κ1) is 15.6. The molecule has 0 aromatic heterocycles. The van der Waals surface area contributed by atoms with Crippen molar-refractivity contribution in [3.63, 3.8) is 0 Å². The zero-order chi connectivity index (χ0) is 14.7. The van der Waals surface area contributed by atoms with E-state index in [9.17, 15) is 0 Å². The van der Waals surface area contributed by atoms with Gasteiger partial charge in [0.25, 0.3) is 0 Å². The lowest BCUT2D eigenvalue weighted by Crippen LogP contribution is -2.57. The Labute approximate surface area is 146 Å². The molecule has 0 spiro atoms. The van der Waals surface area contributed by atoms with Crippen LogP contribution in [0.25, 0.3) is 0 Å². The van der Waals surface area contributed by atoms with Gasteiger partial charge in [0.1, 0.15) is 0 Å². The highest BCUT2D eigenvalue weighted by molar-refractivity contribution is 7.86. The topological polar surface area (TPSA) is 0 Å². The van der Waals surface area contributed by atoms with Crippen molar-refractivity contribution in [3.8, 4) is 0 Å². The van der Waals surface area contributed by atoms with Gasteiger partial charge in [-0.2, -0.15) is 37.9 Å². The van der Waals surface area contributed by atoms with E-state index in [1.807, 2.05) is 0 Å². The van der Waals surface area contributed by atoms with Gasteiger partial charge in [-0.1, -0.05) is 38.5 Å². The SMILES string of the molecule is SC12CC(S)(C3CCCCCCCC31)C1(S)CCCC2C1. The Morgan fingerprint density at radius 1 is 0.714 bits per heavy atom. The second kappa shape index (κ2) is 5.28. The molecule has 4 fully saturated rings. The molecule has 0 nitrogen and oxygen atoms in total. The van der Waals surface area contributed by atoms with Crippen molar-refractivity contribution in [1.29, 1.82) is 0 Å². The van der Waals surface area contributed by atoms with Gasteiger partial charge in [0.05, 0.1) is 0 Å². The molecule has 0 aromatic rings. The van der Waals surface area contributed by atoms with Crippen LogP contribution in [0.3, 0.4) is 0 Å². The Bertz CT molecular complexity index is 425. The van der Waals surface area contributed by atoms with Gasteiger partial charge in [-0.15, -0.1) is 0 Å². The van der Waals surface area contributed by atoms with Crippen LogP contribution in [0.1, 0.15) is 77.0 Å². The van der Waals surface area contributed by atoms with Gasteiger partial charge in [-0.3, -0.25) is 0 Å². The van der Waals surface area contributed by atoms with Crippen molar-refractivity contribution < 1.29 is 0 Å². The summed E-state index contributed by atoms with van der Waals surface area (Å²) in [7, 11) is 0. The summed E-state index contributed by atoms with van der Waals surface area (Å²) < 4.78 is 0.589. The Kier molecular flexibility index (Phi) is 3.91. The summed E-state index contributed by atoms with van der Waals surface area (Å²) in [4.78, 5) is 0. The molecule has 0 heterocycles. The van der Waals surface area contributed by atoms with Crippen LogP contribution in [-0.4, -0.2) is 14.2 Å². The normalized spacial score (nSPS) is 57.0. The zero-order valence-electron chi connectivity index (χ0n) is 13.1. The van der Waals surface area contributed by atoms with Crippen molar-refractivity contribution in [2.24, 2.45) is 17.8 Å². The van der Waals surface area contributed by atoms with Gasteiger partial charge in [0, 0.05) is 14.2 Å². The fourth-order valence-corrected chi connectivity index (χ4v) is 8.86. The van der Waals surface area contributed by atoms with Crippen LogP contribution in [0.15, 0.2) is 0 Å². The summed E-state index contributed by atoms with van der Waals surface area (Å²) in [6.07, 6.45) is 16.4. The Morgan fingerprint density at radius 3 is 2.14 bits per heavy atom. The van der Waals surface area contributed by atoms with Gasteiger partial charge in [0.2, 0.25) is 0 Å². The highest BCUT2D eigenvalue weighted by Crippen LogP contribution is 2.72. The smallest absolute Gasteiger partial charge is 0.0318 e. The largest absolute Gasteiger partial charge is 0.172 e. The van der Waals surface area contributed by atoms with Crippen molar-refractivity contribution in [2.75, 3.05) is 0 Å². The molecule has 0 saturated heterocycles. The minimum atomic E-state index is 0.143. The van der Waals surface area contributed by atoms with Gasteiger partial charge in [0.15, 0.2) is 0 Å². The maximum Gasteiger partial charge on any atom is 0.0318 e. The number of fused-ring (bicyclic) bond motifs is 9. The van der Waals surface area contributed by atoms with Gasteiger partial charge >= 0.3 is 0 Å². The van der Waals surface area contributed by atoms with E-state index in [0.29, 0.717) is 0 Å². The first-order valence-corrected chi connectivity index (χ1v) is 10.5. The Balaban J connectivity index is 1.77. The molecule has 21 heavy (non-hydrogen) atoms. The summed E-state index contributed by atoms with van der Waals surface area (Å²) in [6, 6.07) is 0. The summed E-state index contributed by atoms with van der Waals surface area (Å²) in [5.41, 5.74) is 0. The zero-order valence-corrected chi connectivity index (χ0v) is 15.7. The number of rotatable bonds is 0. The monoisotopic (exact) mass is 342 g/mol. The van der Waals surface area contributed by atoms with Crippen LogP contribution in [0.5, 0.6) is 0 Å². The first-order valence-electron chi connectivity index (χ1n) is 9.17. The lowest BCUT2D eigenvalue weighted by molar-refractivity contribution is 0.161. The quantitative estimate of drug-likeness (QED) is 0.471. The predicted octanol–water partition coefficient (Wildman–Crippen LogP) is 5.58. The van der Waals surface area contributed by atoms with Crippen LogP contribution < -0.4 is 0 Å². The molecular weight excluding hydrogens is 312 g/mol. The van der Waals surface area contributed by atoms with Crippen LogP contribution >= 0.6 is 37.9 Å². The average molecular weight is 343 g/mol. The van der Waals surface area contributed by atoms with Crippen LogP contribution in [-0.2, 0) is 0 Å². The minimum absolute atomic E-state index is 0.143. The summed E-state index contributed by atoms with van der Waals surface area (Å²) >= 11 is 16.1. The van der Waals surface area contributed by atoms with E-state index >= 15 is 0 Å². The summed E-state index contributed by atoms with van der Waals surface area (Å²) in [5.74, 6) is 2.36. The fraction of sp³-hybridized carbons (Fsp3) is 1.00. The van der Waals surface area contributed by atoms with Crippen molar-refractivity contribution in [3.05, 3.63) is 0 Å². The molecule has 120 valence electrons. The van der Waals surface area contributed by atoms with Crippen LogP contribution in [0, 0.1) is 17.8 Å². The van der Waals surface area contributed by atoms with Crippen LogP contribution in [0.4, 0.5) is 0 Å². The lowest BCUT2D eigenvalue weighted by atomic mass is 9.63. The average Bonchev–Trinajstić information content (AvgIpc) is 2.73. The fourth-order valence-electron chi connectivity index (χ4n) is 6.55. The molecule has 6 unspecified atom stereocenters. The molecule has 0 amide bonds. The van der Waals surface area contributed by atoms with E-state index in [1.165, 1.54) is 77.0 Å². The maximum atomic E-state index is 5.40. The standard InChI is InChI=1S/C18H30S3/c19-16-10-6-7-13(11-16)17(20)12-18(16,21)15-9-5-3-1-2-4-8-14(15)17/h13-15,19-21H,1-12H2. The van der Waals surface area contributed by atoms with E-state index in [0.717, 1.165) is 17.8 Å². The lowest BCUT2D eigenvalue weighted by Gasteiger charge is -2.56. The molecule has 6 atom stereocenters. The molecule has 4 aliphatic rings. The van der Waals surface area contributed by atoms with Gasteiger partial charge < -0.3 is 0 Å². The first-order chi connectivity index (χ1) is 10.00. The highest BCUT2D eigenvalue weighted by Gasteiger charge is 2.70. The second-order valence-electron chi connectivity index (χ2n) is 8.48. The summed E-state index contributed by atoms with van der Waals surface area (Å²) in [6.45, 7) is 0. The number of hydrogen-bond acceptors (Lipinski definition) is 3. The molecule has 4 aliphatic carbocycles. The number of hydrogen-bond donors (Lipinski definition) is 3. The molecule has 4 saturated carbocycles. The van der Waals surface area contributed by atoms with E-state index in [1.54, 1.807) is 0 Å². The van der Waals surface area contributed by atoms with Gasteiger partial charge in [-0.05, 0) is 56.3 Å². The summed E-state index contributed by atoms with van der Waals surface area (Å²) in [5, 5.41) is 0. The molecule has 0 N–H and O–H groups in total. The molecule has 3 heteroatoms. The van der Waals surface area contributed by atoms with Crippen molar-refractivity contribution >= 4 is 37.9 Å². The molecule has 4 rings (SSSR count). The number of thiol groups is 3. The third-order valence-corrected chi connectivity index (χ3v) is 10.3. The van der Waals surface area contributed by atoms with Crippen molar-refractivity contribution in [2.45, 2.75) is 91.3 Å². The molecule has 0 radical (unpaired) electrons. The minimum Gasteiger partial charge on any atom is -0.172 e. The third kappa shape index (κ3) is 2.12. The van der Waals surface area contributed by atoms with Gasteiger partial charge in [-0.25, -0.2) is 0 Å². The van der Waals surface area contributed by atoms with E-state index in [4.69, 9.17) is 37.9 Å². The molecule has 0 aliphatic heterocycles. The molecule has 0 aromatic carbocycles. The van der Waals surface area contributed by atoms with Crippen LogP contribution in [0.2, 0.25) is 0 Å². The highest BCUT2D eigenvalue weighted by atomic mass is 32.1. The molecule has 4 bridgehead atoms. The Morgan fingerprint density at radius 2 is 1.38 bits per heavy atom. The Hall–Kier alpha value is 1.05. The molecular formula is C18H30S3. The van der Waals surface area contributed by atoms with E-state index < -0.39 is 0 Å². The maximum absolute atomic E-state index is 5.40. The second-order valence-corrected chi connectivity index (χ2v) is 11.0.